The van der Waals surface area contributed by atoms with Crippen molar-refractivity contribution in [3.8, 4) is 0 Å². The average Bonchev–Trinajstić information content (AvgIpc) is 3.09. The highest BCUT2D eigenvalue weighted by molar-refractivity contribution is 6.23. The van der Waals surface area contributed by atoms with Gasteiger partial charge in [0, 0.05) is 30.5 Å². The number of carbonyl (C=O) groups is 3. The van der Waals surface area contributed by atoms with Crippen LogP contribution in [0.25, 0.3) is 0 Å². The molecule has 2 fully saturated rings. The lowest BCUT2D eigenvalue weighted by Crippen LogP contribution is -2.41. The molecule has 3 aliphatic carbocycles. The molecule has 2 heterocycles. The zero-order chi connectivity index (χ0) is 24.4. The highest BCUT2D eigenvalue weighted by Crippen LogP contribution is 2.61. The second kappa shape index (κ2) is 8.16. The van der Waals surface area contributed by atoms with Crippen molar-refractivity contribution in [2.24, 2.45) is 11.8 Å². The summed E-state index contributed by atoms with van der Waals surface area (Å²) in [7, 11) is 0. The SMILES string of the molecule is O=C(c1ccc(N2C(=O)[C@@H]3C4c5ccccc5C(c5ccccc54)[C@@H]3C2=O)cc1)N1CCCCCC1. The fraction of sp³-hybridized carbons (Fsp3) is 0.323. The number of nitrogens with zero attached hydrogens (tertiary/aromatic N) is 2. The smallest absolute Gasteiger partial charge is 0.253 e. The van der Waals surface area contributed by atoms with Crippen LogP contribution in [0, 0.1) is 11.8 Å². The van der Waals surface area contributed by atoms with Gasteiger partial charge in [-0.3, -0.25) is 14.4 Å². The van der Waals surface area contributed by atoms with Crippen LogP contribution in [0.15, 0.2) is 72.8 Å². The van der Waals surface area contributed by atoms with Gasteiger partial charge >= 0.3 is 0 Å². The summed E-state index contributed by atoms with van der Waals surface area (Å²) < 4.78 is 0. The maximum atomic E-state index is 13.9. The van der Waals surface area contributed by atoms with Gasteiger partial charge in [0.15, 0.2) is 0 Å². The minimum absolute atomic E-state index is 0.0279. The van der Waals surface area contributed by atoms with E-state index in [0.29, 0.717) is 11.3 Å². The van der Waals surface area contributed by atoms with Gasteiger partial charge in [0.05, 0.1) is 17.5 Å². The van der Waals surface area contributed by atoms with E-state index in [2.05, 4.69) is 24.3 Å². The molecule has 5 aliphatic rings. The molecule has 8 rings (SSSR count). The highest BCUT2D eigenvalue weighted by Gasteiger charge is 2.61. The summed E-state index contributed by atoms with van der Waals surface area (Å²) in [6.45, 7) is 1.58. The maximum Gasteiger partial charge on any atom is 0.253 e. The van der Waals surface area contributed by atoms with Gasteiger partial charge in [-0.2, -0.15) is 0 Å². The first-order valence-electron chi connectivity index (χ1n) is 13.1. The molecule has 0 radical (unpaired) electrons. The number of anilines is 1. The molecule has 36 heavy (non-hydrogen) atoms. The van der Waals surface area contributed by atoms with Crippen molar-refractivity contribution >= 4 is 23.4 Å². The van der Waals surface area contributed by atoms with Crippen LogP contribution in [-0.4, -0.2) is 35.7 Å². The number of likely N-dealkylation sites (tertiary alicyclic amines) is 1. The van der Waals surface area contributed by atoms with Crippen molar-refractivity contribution in [3.63, 3.8) is 0 Å². The van der Waals surface area contributed by atoms with E-state index in [-0.39, 0.29) is 29.6 Å². The van der Waals surface area contributed by atoms with E-state index >= 15 is 0 Å². The molecule has 180 valence electrons. The summed E-state index contributed by atoms with van der Waals surface area (Å²) >= 11 is 0. The van der Waals surface area contributed by atoms with E-state index in [4.69, 9.17) is 0 Å². The number of rotatable bonds is 2. The molecule has 2 saturated heterocycles. The molecule has 3 amide bonds. The number of amides is 3. The van der Waals surface area contributed by atoms with Crippen LogP contribution in [0.3, 0.4) is 0 Å². The minimum Gasteiger partial charge on any atom is -0.339 e. The van der Waals surface area contributed by atoms with Crippen molar-refractivity contribution in [3.05, 3.63) is 101 Å². The molecule has 3 aromatic rings. The van der Waals surface area contributed by atoms with E-state index in [1.807, 2.05) is 29.2 Å². The van der Waals surface area contributed by atoms with Crippen LogP contribution in [0.1, 0.15) is 70.1 Å². The molecule has 0 aromatic heterocycles. The molecule has 2 bridgehead atoms. The number of carbonyl (C=O) groups excluding carboxylic acids is 3. The first-order chi connectivity index (χ1) is 17.6. The summed E-state index contributed by atoms with van der Waals surface area (Å²) in [6.07, 6.45) is 4.41. The Balaban J connectivity index is 1.23. The van der Waals surface area contributed by atoms with Crippen LogP contribution in [-0.2, 0) is 9.59 Å². The van der Waals surface area contributed by atoms with Gasteiger partial charge in [0.1, 0.15) is 0 Å². The summed E-state index contributed by atoms with van der Waals surface area (Å²) in [5, 5.41) is 0. The first kappa shape index (κ1) is 21.5. The monoisotopic (exact) mass is 476 g/mol. The molecule has 3 aromatic carbocycles. The van der Waals surface area contributed by atoms with Gasteiger partial charge in [-0.25, -0.2) is 4.90 Å². The molecule has 0 N–H and O–H groups in total. The van der Waals surface area contributed by atoms with Crippen LogP contribution in [0.4, 0.5) is 5.69 Å². The van der Waals surface area contributed by atoms with Gasteiger partial charge in [-0.05, 0) is 59.4 Å². The van der Waals surface area contributed by atoms with E-state index < -0.39 is 11.8 Å². The Hall–Kier alpha value is -3.73. The first-order valence-corrected chi connectivity index (χ1v) is 13.1. The lowest BCUT2D eigenvalue weighted by molar-refractivity contribution is -0.122. The highest BCUT2D eigenvalue weighted by atomic mass is 16.2. The third kappa shape index (κ3) is 2.98. The van der Waals surface area contributed by atoms with E-state index in [9.17, 15) is 14.4 Å². The number of benzene rings is 3. The fourth-order valence-corrected chi connectivity index (χ4v) is 7.14. The van der Waals surface area contributed by atoms with E-state index in [1.165, 1.54) is 40.0 Å². The van der Waals surface area contributed by atoms with Crippen LogP contribution in [0.2, 0.25) is 0 Å². The molecule has 0 unspecified atom stereocenters. The summed E-state index contributed by atoms with van der Waals surface area (Å²) in [5.41, 5.74) is 5.84. The molecule has 0 spiro atoms. The van der Waals surface area contributed by atoms with Gasteiger partial charge in [0.2, 0.25) is 11.8 Å². The molecule has 0 saturated carbocycles. The van der Waals surface area contributed by atoms with Gasteiger partial charge < -0.3 is 4.90 Å². The van der Waals surface area contributed by atoms with Crippen molar-refractivity contribution < 1.29 is 14.4 Å². The number of hydrogen-bond donors (Lipinski definition) is 0. The van der Waals surface area contributed by atoms with Crippen molar-refractivity contribution in [2.45, 2.75) is 37.5 Å². The lowest BCUT2D eigenvalue weighted by Gasteiger charge is -2.45. The lowest BCUT2D eigenvalue weighted by atomic mass is 9.55. The molecular weight excluding hydrogens is 448 g/mol. The zero-order valence-electron chi connectivity index (χ0n) is 20.1. The average molecular weight is 477 g/mol. The van der Waals surface area contributed by atoms with Crippen LogP contribution in [0.5, 0.6) is 0 Å². The third-order valence-corrected chi connectivity index (χ3v) is 8.71. The largest absolute Gasteiger partial charge is 0.339 e. The summed E-state index contributed by atoms with van der Waals surface area (Å²) in [5.74, 6) is -1.25. The predicted octanol–water partition coefficient (Wildman–Crippen LogP) is 5.10. The van der Waals surface area contributed by atoms with Crippen molar-refractivity contribution in [1.29, 1.82) is 0 Å². The van der Waals surface area contributed by atoms with Gasteiger partial charge in [-0.1, -0.05) is 61.4 Å². The topological polar surface area (TPSA) is 57.7 Å². The Labute approximate surface area is 210 Å². The predicted molar refractivity (Wildman–Crippen MR) is 137 cm³/mol. The second-order valence-corrected chi connectivity index (χ2v) is 10.5. The molecule has 2 atom stereocenters. The third-order valence-electron chi connectivity index (χ3n) is 8.71. The molecule has 2 aliphatic heterocycles. The summed E-state index contributed by atoms with van der Waals surface area (Å²) in [4.78, 5) is 44.1. The van der Waals surface area contributed by atoms with E-state index in [1.54, 1.807) is 24.3 Å². The molecule has 5 heteroatoms. The van der Waals surface area contributed by atoms with Crippen molar-refractivity contribution in [1.82, 2.24) is 4.90 Å². The van der Waals surface area contributed by atoms with Crippen molar-refractivity contribution in [2.75, 3.05) is 18.0 Å². The van der Waals surface area contributed by atoms with Gasteiger partial charge in [-0.15, -0.1) is 0 Å². The Bertz CT molecular complexity index is 1270. The quantitative estimate of drug-likeness (QED) is 0.484. The summed E-state index contributed by atoms with van der Waals surface area (Å²) in [6, 6.07) is 23.6. The Morgan fingerprint density at radius 2 is 1.06 bits per heavy atom. The zero-order valence-corrected chi connectivity index (χ0v) is 20.1. The van der Waals surface area contributed by atoms with Crippen LogP contribution >= 0.6 is 0 Å². The van der Waals surface area contributed by atoms with E-state index in [0.717, 1.165) is 25.9 Å². The molecule has 5 nitrogen and oxygen atoms in total. The normalized spacial score (nSPS) is 26.3. The van der Waals surface area contributed by atoms with Crippen LogP contribution < -0.4 is 4.90 Å². The second-order valence-electron chi connectivity index (χ2n) is 10.5. The Morgan fingerprint density at radius 1 is 0.611 bits per heavy atom. The molecular formula is C31H28N2O3. The number of imide groups is 1. The Morgan fingerprint density at radius 3 is 1.50 bits per heavy atom. The Kier molecular flexibility index (Phi) is 4.88. The van der Waals surface area contributed by atoms with Gasteiger partial charge in [0.25, 0.3) is 5.91 Å². The standard InChI is InChI=1S/C31H28N2O3/c34-29(32-17-7-1-2-8-18-32)19-13-15-20(16-14-19)33-30(35)27-25-21-9-3-4-10-22(21)26(28(27)31(33)36)24-12-6-5-11-23(24)25/h3-6,9-16,25-28H,1-2,7-8,17-18H2/t25?,26?,27-,28+. The maximum absolute atomic E-state index is 13.9. The number of hydrogen-bond acceptors (Lipinski definition) is 3. The fourth-order valence-electron chi connectivity index (χ4n) is 7.14. The minimum atomic E-state index is -0.397.